The first-order chi connectivity index (χ1) is 12.1. The van der Waals surface area contributed by atoms with Crippen molar-refractivity contribution in [1.29, 1.82) is 0 Å². The quantitative estimate of drug-likeness (QED) is 0.511. The second kappa shape index (κ2) is 7.32. The van der Waals surface area contributed by atoms with Gasteiger partial charge in [-0.1, -0.05) is 66.2 Å². The molecular weight excluding hydrogens is 332 g/mol. The highest BCUT2D eigenvalue weighted by molar-refractivity contribution is 7.92. The summed E-state index contributed by atoms with van der Waals surface area (Å²) in [5.74, 6) is 0. The minimum Gasteiger partial charge on any atom is -0.199 e. The average molecular weight is 350 g/mol. The number of aryl methyl sites for hydroxylation is 1. The Balaban J connectivity index is 2.05. The Labute approximate surface area is 148 Å². The lowest BCUT2D eigenvalue weighted by atomic mass is 10.2. The van der Waals surface area contributed by atoms with Gasteiger partial charge in [0.05, 0.1) is 16.8 Å². The van der Waals surface area contributed by atoms with Crippen LogP contribution in [0.2, 0.25) is 0 Å². The summed E-state index contributed by atoms with van der Waals surface area (Å²) in [6, 6.07) is 25.0. The Morgan fingerprint density at radius 1 is 0.800 bits per heavy atom. The first kappa shape index (κ1) is 16.9. The van der Waals surface area contributed by atoms with Crippen LogP contribution in [-0.4, -0.2) is 14.6 Å². The third kappa shape index (κ3) is 3.95. The van der Waals surface area contributed by atoms with E-state index in [0.29, 0.717) is 5.69 Å². The van der Waals surface area contributed by atoms with E-state index in [0.717, 1.165) is 15.5 Å². The van der Waals surface area contributed by atoms with E-state index in [4.69, 9.17) is 0 Å². The molecule has 0 aliphatic rings. The Morgan fingerprint density at radius 2 is 1.36 bits per heavy atom. The van der Waals surface area contributed by atoms with Gasteiger partial charge in [-0.25, -0.2) is 0 Å². The molecule has 5 heteroatoms. The molecule has 0 atom stereocenters. The molecule has 0 fully saturated rings. The fourth-order valence-electron chi connectivity index (χ4n) is 2.29. The maximum atomic E-state index is 13.1. The van der Waals surface area contributed by atoms with Gasteiger partial charge in [0.15, 0.2) is 0 Å². The maximum absolute atomic E-state index is 13.1. The first-order valence-electron chi connectivity index (χ1n) is 7.83. The number of para-hydroxylation sites is 1. The van der Waals surface area contributed by atoms with Crippen molar-refractivity contribution < 1.29 is 8.42 Å². The van der Waals surface area contributed by atoms with E-state index in [1.807, 2.05) is 43.3 Å². The molecule has 0 bridgehead atoms. The summed E-state index contributed by atoms with van der Waals surface area (Å²) in [6.07, 6.45) is 1.54. The summed E-state index contributed by atoms with van der Waals surface area (Å²) in [5, 5.41) is 4.26. The zero-order valence-electron chi connectivity index (χ0n) is 13.8. The van der Waals surface area contributed by atoms with Crippen molar-refractivity contribution in [3.63, 3.8) is 0 Å². The van der Waals surface area contributed by atoms with Crippen LogP contribution in [0.25, 0.3) is 0 Å². The van der Waals surface area contributed by atoms with Crippen LogP contribution in [0.15, 0.2) is 94.9 Å². The van der Waals surface area contributed by atoms with E-state index in [9.17, 15) is 8.42 Å². The zero-order valence-corrected chi connectivity index (χ0v) is 14.6. The molecule has 0 spiro atoms. The minimum atomic E-state index is -3.81. The third-order valence-corrected chi connectivity index (χ3v) is 5.26. The summed E-state index contributed by atoms with van der Waals surface area (Å²) >= 11 is 0. The Kier molecular flexibility index (Phi) is 4.95. The second-order valence-corrected chi connectivity index (χ2v) is 7.32. The Hall–Kier alpha value is -2.92. The highest BCUT2D eigenvalue weighted by Crippen LogP contribution is 2.24. The van der Waals surface area contributed by atoms with Crippen molar-refractivity contribution in [3.05, 3.63) is 96.1 Å². The molecule has 0 N–H and O–H groups in total. The molecule has 3 aromatic carbocycles. The molecule has 25 heavy (non-hydrogen) atoms. The van der Waals surface area contributed by atoms with E-state index >= 15 is 0 Å². The number of benzene rings is 3. The lowest BCUT2D eigenvalue weighted by molar-refractivity contribution is 0.592. The van der Waals surface area contributed by atoms with E-state index in [-0.39, 0.29) is 4.90 Å². The predicted octanol–water partition coefficient (Wildman–Crippen LogP) is 4.22. The summed E-state index contributed by atoms with van der Waals surface area (Å²) in [4.78, 5) is 0.201. The highest BCUT2D eigenvalue weighted by atomic mass is 32.2. The Bertz CT molecular complexity index is 952. The van der Waals surface area contributed by atoms with Gasteiger partial charge in [0.25, 0.3) is 10.0 Å². The molecule has 0 aliphatic heterocycles. The molecule has 4 nitrogen and oxygen atoms in total. The summed E-state index contributed by atoms with van der Waals surface area (Å²) in [7, 11) is -3.81. The van der Waals surface area contributed by atoms with Gasteiger partial charge in [-0.3, -0.25) is 0 Å². The normalized spacial score (nSPS) is 11.6. The number of hydrogen-bond donors (Lipinski definition) is 0. The number of hydrazone groups is 1. The van der Waals surface area contributed by atoms with Crippen LogP contribution < -0.4 is 4.41 Å². The van der Waals surface area contributed by atoms with Gasteiger partial charge in [0.2, 0.25) is 0 Å². The maximum Gasteiger partial charge on any atom is 0.283 e. The van der Waals surface area contributed by atoms with E-state index in [2.05, 4.69) is 5.10 Å². The van der Waals surface area contributed by atoms with Gasteiger partial charge in [-0.15, -0.1) is 0 Å². The molecule has 3 aromatic rings. The van der Waals surface area contributed by atoms with Crippen molar-refractivity contribution in [1.82, 2.24) is 0 Å². The van der Waals surface area contributed by atoms with Gasteiger partial charge < -0.3 is 0 Å². The number of hydrogen-bond acceptors (Lipinski definition) is 3. The summed E-state index contributed by atoms with van der Waals surface area (Å²) < 4.78 is 27.2. The van der Waals surface area contributed by atoms with E-state index < -0.39 is 10.0 Å². The van der Waals surface area contributed by atoms with Gasteiger partial charge in [0.1, 0.15) is 0 Å². The monoisotopic (exact) mass is 350 g/mol. The van der Waals surface area contributed by atoms with Crippen molar-refractivity contribution in [2.75, 3.05) is 4.41 Å². The highest BCUT2D eigenvalue weighted by Gasteiger charge is 2.24. The van der Waals surface area contributed by atoms with Gasteiger partial charge >= 0.3 is 0 Å². The summed E-state index contributed by atoms with van der Waals surface area (Å²) in [5.41, 5.74) is 2.30. The van der Waals surface area contributed by atoms with Crippen LogP contribution in [-0.2, 0) is 10.0 Å². The molecule has 0 aliphatic carbocycles. The smallest absolute Gasteiger partial charge is 0.199 e. The topological polar surface area (TPSA) is 49.7 Å². The molecule has 3 rings (SSSR count). The molecule has 0 heterocycles. The van der Waals surface area contributed by atoms with Gasteiger partial charge in [-0.05, 0) is 36.8 Å². The van der Waals surface area contributed by atoms with Crippen LogP contribution in [0.5, 0.6) is 0 Å². The molecule has 0 aromatic heterocycles. The van der Waals surface area contributed by atoms with Gasteiger partial charge in [-0.2, -0.15) is 17.9 Å². The van der Waals surface area contributed by atoms with E-state index in [1.54, 1.807) is 54.7 Å². The Morgan fingerprint density at radius 3 is 1.96 bits per heavy atom. The standard InChI is InChI=1S/C20H18N2O2S/c1-17-12-14-20(15-13-17)25(23,24)22(19-10-6-3-7-11-19)21-16-18-8-4-2-5-9-18/h2-16H,1H3. The lowest BCUT2D eigenvalue weighted by Gasteiger charge is -2.19. The second-order valence-electron chi connectivity index (χ2n) is 5.55. The molecule has 0 saturated carbocycles. The van der Waals surface area contributed by atoms with Crippen molar-refractivity contribution in [2.45, 2.75) is 11.8 Å². The van der Waals surface area contributed by atoms with E-state index in [1.165, 1.54) is 0 Å². The molecule has 0 saturated heterocycles. The largest absolute Gasteiger partial charge is 0.283 e. The summed E-state index contributed by atoms with van der Waals surface area (Å²) in [6.45, 7) is 1.92. The van der Waals surface area contributed by atoms with Crippen molar-refractivity contribution >= 4 is 21.9 Å². The van der Waals surface area contributed by atoms with Crippen molar-refractivity contribution in [3.8, 4) is 0 Å². The van der Waals surface area contributed by atoms with Crippen LogP contribution in [0.3, 0.4) is 0 Å². The number of sulfonamides is 1. The molecule has 0 amide bonds. The average Bonchev–Trinajstić information content (AvgIpc) is 2.64. The first-order valence-corrected chi connectivity index (χ1v) is 9.27. The predicted molar refractivity (Wildman–Crippen MR) is 101 cm³/mol. The van der Waals surface area contributed by atoms with Crippen LogP contribution in [0.4, 0.5) is 5.69 Å². The zero-order chi connectivity index (χ0) is 17.7. The van der Waals surface area contributed by atoms with Crippen LogP contribution >= 0.6 is 0 Å². The minimum absolute atomic E-state index is 0.201. The SMILES string of the molecule is Cc1ccc(S(=O)(=O)N(N=Cc2ccccc2)c2ccccc2)cc1. The number of anilines is 1. The molecular formula is C20H18N2O2S. The fourth-order valence-corrected chi connectivity index (χ4v) is 3.54. The molecule has 0 radical (unpaired) electrons. The number of nitrogens with zero attached hydrogens (tertiary/aromatic N) is 2. The molecule has 0 unspecified atom stereocenters. The fraction of sp³-hybridized carbons (Fsp3) is 0.0500. The third-order valence-electron chi connectivity index (χ3n) is 3.63. The molecule has 126 valence electrons. The van der Waals surface area contributed by atoms with Crippen molar-refractivity contribution in [2.24, 2.45) is 5.10 Å². The van der Waals surface area contributed by atoms with Gasteiger partial charge in [0, 0.05) is 0 Å². The van der Waals surface area contributed by atoms with Crippen LogP contribution in [0, 0.1) is 6.92 Å². The lowest BCUT2D eigenvalue weighted by Crippen LogP contribution is -2.26. The number of rotatable bonds is 5. The van der Waals surface area contributed by atoms with Crippen LogP contribution in [0.1, 0.15) is 11.1 Å².